The van der Waals surface area contributed by atoms with Gasteiger partial charge in [-0.05, 0) is 36.8 Å². The van der Waals surface area contributed by atoms with E-state index in [2.05, 4.69) is 37.1 Å². The van der Waals surface area contributed by atoms with Crippen molar-refractivity contribution in [1.82, 2.24) is 24.9 Å². The summed E-state index contributed by atoms with van der Waals surface area (Å²) in [5.41, 5.74) is 3.19. The quantitative estimate of drug-likeness (QED) is 0.453. The van der Waals surface area contributed by atoms with Crippen molar-refractivity contribution in [1.29, 1.82) is 0 Å². The highest BCUT2D eigenvalue weighted by Crippen LogP contribution is 2.21. The van der Waals surface area contributed by atoms with Crippen molar-refractivity contribution in [2.75, 3.05) is 0 Å². The van der Waals surface area contributed by atoms with Gasteiger partial charge in [0.15, 0.2) is 5.82 Å². The summed E-state index contributed by atoms with van der Waals surface area (Å²) in [7, 11) is 0. The number of hydrogen-bond acceptors (Lipinski definition) is 3. The van der Waals surface area contributed by atoms with Crippen LogP contribution in [0, 0.1) is 5.92 Å². The second kappa shape index (κ2) is 6.76. The predicted octanol–water partition coefficient (Wildman–Crippen LogP) is 3.29. The minimum absolute atomic E-state index is 0.0446. The number of Topliss-reactive ketones (excluding diaryl/α,β-unsaturated/α-hetero) is 1. The molecular weight excluding hydrogens is 314 g/mol. The van der Waals surface area contributed by atoms with Gasteiger partial charge in [0.25, 0.3) is 0 Å². The first-order chi connectivity index (χ1) is 12.3. The maximum atomic E-state index is 12.9. The number of H-pyrrole nitrogens is 3. The highest BCUT2D eigenvalue weighted by molar-refractivity contribution is 5.94. The van der Waals surface area contributed by atoms with Gasteiger partial charge in [-0.25, -0.2) is 9.97 Å². The molecular formula is C19H19N5O. The van der Waals surface area contributed by atoms with Crippen LogP contribution in [0.25, 0.3) is 10.9 Å². The number of benzene rings is 1. The maximum Gasteiger partial charge on any atom is 0.201 e. The summed E-state index contributed by atoms with van der Waals surface area (Å²) in [5, 5.41) is 1.16. The third-order valence-electron chi connectivity index (χ3n) is 4.47. The minimum Gasteiger partial charge on any atom is -0.358 e. The zero-order valence-electron chi connectivity index (χ0n) is 13.7. The number of carbonyl (C=O) groups excluding carboxylic acids is 1. The number of hydrogen-bond donors (Lipinski definition) is 3. The van der Waals surface area contributed by atoms with Gasteiger partial charge in [0, 0.05) is 41.4 Å². The van der Waals surface area contributed by atoms with E-state index in [1.165, 1.54) is 0 Å². The summed E-state index contributed by atoms with van der Waals surface area (Å²) in [5.74, 6) is 0.316. The molecule has 1 aromatic carbocycles. The van der Waals surface area contributed by atoms with Crippen molar-refractivity contribution in [3.63, 3.8) is 0 Å². The Balaban J connectivity index is 1.56. The largest absolute Gasteiger partial charge is 0.358 e. The van der Waals surface area contributed by atoms with E-state index in [1.807, 2.05) is 18.2 Å². The standard InChI is InChI=1S/C19H19N5O/c25-18(19-21-7-8-22-19)14(5-6-15-11-20-12-23-15)10-16-9-13-3-1-2-4-17(13)24-16/h1-4,7-9,11-12,14,24H,5-6,10H2,(H,20,23)(H,21,22). The minimum atomic E-state index is -0.150. The monoisotopic (exact) mass is 333 g/mol. The molecule has 0 aliphatic rings. The lowest BCUT2D eigenvalue weighted by molar-refractivity contribution is 0.0902. The highest BCUT2D eigenvalue weighted by atomic mass is 16.1. The third kappa shape index (κ3) is 3.38. The average molecular weight is 333 g/mol. The van der Waals surface area contributed by atoms with Crippen molar-refractivity contribution < 1.29 is 4.79 Å². The van der Waals surface area contributed by atoms with E-state index in [0.29, 0.717) is 12.2 Å². The van der Waals surface area contributed by atoms with Crippen molar-refractivity contribution >= 4 is 16.7 Å². The van der Waals surface area contributed by atoms with Crippen LogP contribution in [0.5, 0.6) is 0 Å². The van der Waals surface area contributed by atoms with Gasteiger partial charge >= 0.3 is 0 Å². The Morgan fingerprint density at radius 3 is 2.84 bits per heavy atom. The van der Waals surface area contributed by atoms with E-state index in [4.69, 9.17) is 0 Å². The lowest BCUT2D eigenvalue weighted by atomic mass is 9.92. The summed E-state index contributed by atoms with van der Waals surface area (Å²) in [4.78, 5) is 30.5. The van der Waals surface area contributed by atoms with Gasteiger partial charge in [-0.2, -0.15) is 0 Å². The molecule has 0 fully saturated rings. The first-order valence-corrected chi connectivity index (χ1v) is 8.37. The average Bonchev–Trinajstić information content (AvgIpc) is 3.39. The topological polar surface area (TPSA) is 90.2 Å². The van der Waals surface area contributed by atoms with Crippen LogP contribution >= 0.6 is 0 Å². The zero-order chi connectivity index (χ0) is 17.1. The zero-order valence-corrected chi connectivity index (χ0v) is 13.7. The number of aryl methyl sites for hydroxylation is 1. The Morgan fingerprint density at radius 2 is 2.08 bits per heavy atom. The molecule has 126 valence electrons. The number of rotatable bonds is 7. The Bertz CT molecular complexity index is 920. The van der Waals surface area contributed by atoms with E-state index in [9.17, 15) is 4.79 Å². The lowest BCUT2D eigenvalue weighted by Gasteiger charge is -2.13. The molecule has 0 aliphatic carbocycles. The van der Waals surface area contributed by atoms with Gasteiger partial charge < -0.3 is 15.0 Å². The number of nitrogens with one attached hydrogen (secondary N) is 3. The van der Waals surface area contributed by atoms with E-state index in [0.717, 1.165) is 35.1 Å². The number of fused-ring (bicyclic) bond motifs is 1. The third-order valence-corrected chi connectivity index (χ3v) is 4.47. The predicted molar refractivity (Wildman–Crippen MR) is 95.3 cm³/mol. The molecule has 0 radical (unpaired) electrons. The van der Waals surface area contributed by atoms with Crippen LogP contribution in [0.4, 0.5) is 0 Å². The molecule has 4 rings (SSSR count). The smallest absolute Gasteiger partial charge is 0.201 e. The molecule has 0 bridgehead atoms. The van der Waals surface area contributed by atoms with Gasteiger partial charge in [0.1, 0.15) is 0 Å². The maximum absolute atomic E-state index is 12.9. The highest BCUT2D eigenvalue weighted by Gasteiger charge is 2.23. The van der Waals surface area contributed by atoms with E-state index >= 15 is 0 Å². The fourth-order valence-corrected chi connectivity index (χ4v) is 3.18. The van der Waals surface area contributed by atoms with Crippen molar-refractivity contribution in [2.45, 2.75) is 19.3 Å². The Labute approximate surface area is 144 Å². The summed E-state index contributed by atoms with van der Waals surface area (Å²) >= 11 is 0. The van der Waals surface area contributed by atoms with E-state index in [1.54, 1.807) is 24.9 Å². The van der Waals surface area contributed by atoms with Gasteiger partial charge in [0.2, 0.25) is 5.78 Å². The van der Waals surface area contributed by atoms with Gasteiger partial charge in [-0.15, -0.1) is 0 Å². The van der Waals surface area contributed by atoms with Crippen LogP contribution in [-0.4, -0.2) is 30.7 Å². The first kappa shape index (κ1) is 15.4. The molecule has 1 unspecified atom stereocenters. The second-order valence-corrected chi connectivity index (χ2v) is 6.20. The first-order valence-electron chi connectivity index (χ1n) is 8.37. The van der Waals surface area contributed by atoms with Crippen LogP contribution in [-0.2, 0) is 12.8 Å². The van der Waals surface area contributed by atoms with Gasteiger partial charge in [-0.1, -0.05) is 18.2 Å². The second-order valence-electron chi connectivity index (χ2n) is 6.20. The van der Waals surface area contributed by atoms with Crippen LogP contribution in [0.15, 0.2) is 55.2 Å². The number of aromatic amines is 3. The molecule has 0 aliphatic heterocycles. The number of carbonyl (C=O) groups is 1. The molecule has 3 N–H and O–H groups in total. The van der Waals surface area contributed by atoms with Crippen molar-refractivity contribution in [2.24, 2.45) is 5.92 Å². The summed E-state index contributed by atoms with van der Waals surface area (Å²) in [6.07, 6.45) is 8.93. The molecule has 25 heavy (non-hydrogen) atoms. The molecule has 1 atom stereocenters. The SMILES string of the molecule is O=C(c1ncc[nH]1)C(CCc1cnc[nH]1)Cc1cc2ccccc2[nH]1. The number of aromatic nitrogens is 5. The number of imidazole rings is 2. The van der Waals surface area contributed by atoms with Crippen LogP contribution in [0.3, 0.4) is 0 Å². The molecule has 3 heterocycles. The Hall–Kier alpha value is -3.15. The van der Waals surface area contributed by atoms with Crippen LogP contribution in [0.2, 0.25) is 0 Å². The number of para-hydroxylation sites is 1. The number of ketones is 1. The summed E-state index contributed by atoms with van der Waals surface area (Å²) < 4.78 is 0. The molecule has 0 amide bonds. The Morgan fingerprint density at radius 1 is 1.16 bits per heavy atom. The van der Waals surface area contributed by atoms with Crippen LogP contribution in [0.1, 0.15) is 28.4 Å². The van der Waals surface area contributed by atoms with E-state index in [-0.39, 0.29) is 11.7 Å². The molecule has 4 aromatic rings. The fourth-order valence-electron chi connectivity index (χ4n) is 3.18. The van der Waals surface area contributed by atoms with Gasteiger partial charge in [0.05, 0.1) is 6.33 Å². The van der Waals surface area contributed by atoms with Crippen LogP contribution < -0.4 is 0 Å². The molecule has 6 heteroatoms. The van der Waals surface area contributed by atoms with Crippen molar-refractivity contribution in [3.8, 4) is 0 Å². The lowest BCUT2D eigenvalue weighted by Crippen LogP contribution is -2.20. The molecule has 0 saturated carbocycles. The molecule has 6 nitrogen and oxygen atoms in total. The van der Waals surface area contributed by atoms with Crippen molar-refractivity contribution in [3.05, 3.63) is 72.5 Å². The Kier molecular flexibility index (Phi) is 4.16. The summed E-state index contributed by atoms with van der Waals surface area (Å²) in [6, 6.07) is 10.3. The molecule has 0 spiro atoms. The summed E-state index contributed by atoms with van der Waals surface area (Å²) in [6.45, 7) is 0. The van der Waals surface area contributed by atoms with E-state index < -0.39 is 0 Å². The fraction of sp³-hybridized carbons (Fsp3) is 0.211. The van der Waals surface area contributed by atoms with Gasteiger partial charge in [-0.3, -0.25) is 4.79 Å². The normalized spacial score (nSPS) is 12.5. The molecule has 0 saturated heterocycles. The number of nitrogens with zero attached hydrogens (tertiary/aromatic N) is 2. The molecule has 3 aromatic heterocycles.